The minimum absolute atomic E-state index is 0.0688. The average Bonchev–Trinajstić information content (AvgIpc) is 3.28. The fraction of sp³-hybridized carbons (Fsp3) is 0.807. The first kappa shape index (κ1) is 60.4. The summed E-state index contributed by atoms with van der Waals surface area (Å²) in [5.74, 6) is -0.866. The van der Waals surface area contributed by atoms with Gasteiger partial charge < -0.3 is 14.2 Å². The fourth-order valence-corrected chi connectivity index (χ4v) is 7.79. The molecule has 366 valence electrons. The molecule has 0 bridgehead atoms. The van der Waals surface area contributed by atoms with Crippen molar-refractivity contribution in [1.29, 1.82) is 0 Å². The number of esters is 3. The number of allylic oxidation sites excluding steroid dienone is 8. The van der Waals surface area contributed by atoms with Crippen molar-refractivity contribution >= 4 is 17.9 Å². The molecule has 0 aromatic rings. The van der Waals surface area contributed by atoms with Gasteiger partial charge in [-0.3, -0.25) is 14.4 Å². The van der Waals surface area contributed by atoms with Crippen LogP contribution in [0.25, 0.3) is 0 Å². The summed E-state index contributed by atoms with van der Waals surface area (Å²) in [6.45, 7) is 6.50. The molecule has 1 unspecified atom stereocenters. The Morgan fingerprint density at radius 1 is 0.333 bits per heavy atom. The highest BCUT2D eigenvalue weighted by Gasteiger charge is 2.19. The van der Waals surface area contributed by atoms with Gasteiger partial charge in [0.2, 0.25) is 0 Å². The number of carbonyl (C=O) groups is 3. The third-order valence-corrected chi connectivity index (χ3v) is 11.8. The molecule has 0 aromatic carbocycles. The Bertz CT molecular complexity index is 1110. The van der Waals surface area contributed by atoms with Gasteiger partial charge in [0, 0.05) is 19.3 Å². The molecule has 63 heavy (non-hydrogen) atoms. The van der Waals surface area contributed by atoms with E-state index < -0.39 is 6.10 Å². The third-order valence-electron chi connectivity index (χ3n) is 11.8. The molecule has 0 aliphatic rings. The lowest BCUT2D eigenvalue weighted by Crippen LogP contribution is -2.30. The summed E-state index contributed by atoms with van der Waals surface area (Å²) in [5.41, 5.74) is 0. The smallest absolute Gasteiger partial charge is 0.306 e. The van der Waals surface area contributed by atoms with Crippen molar-refractivity contribution in [2.75, 3.05) is 13.2 Å². The summed E-state index contributed by atoms with van der Waals surface area (Å²) in [5, 5.41) is 0. The van der Waals surface area contributed by atoms with Crippen LogP contribution in [0.1, 0.15) is 278 Å². The van der Waals surface area contributed by atoms with Crippen LogP contribution in [-0.2, 0) is 28.6 Å². The van der Waals surface area contributed by atoms with Gasteiger partial charge in [0.05, 0.1) is 0 Å². The Kier molecular flexibility index (Phi) is 49.8. The van der Waals surface area contributed by atoms with E-state index in [1.54, 1.807) is 0 Å². The van der Waals surface area contributed by atoms with Gasteiger partial charge in [-0.25, -0.2) is 0 Å². The second kappa shape index (κ2) is 52.0. The minimum Gasteiger partial charge on any atom is -0.462 e. The summed E-state index contributed by atoms with van der Waals surface area (Å²) in [6.07, 6.45) is 62.7. The normalized spacial score (nSPS) is 12.4. The predicted octanol–water partition coefficient (Wildman–Crippen LogP) is 17.9. The van der Waals surface area contributed by atoms with Crippen molar-refractivity contribution < 1.29 is 28.6 Å². The Morgan fingerprint density at radius 3 is 0.968 bits per heavy atom. The van der Waals surface area contributed by atoms with Gasteiger partial charge in [0.15, 0.2) is 6.10 Å². The van der Waals surface area contributed by atoms with Crippen LogP contribution < -0.4 is 0 Å². The fourth-order valence-electron chi connectivity index (χ4n) is 7.79. The molecule has 0 fully saturated rings. The van der Waals surface area contributed by atoms with Crippen LogP contribution in [0.4, 0.5) is 0 Å². The maximum absolute atomic E-state index is 12.7. The van der Waals surface area contributed by atoms with Crippen LogP contribution in [0.2, 0.25) is 0 Å². The topological polar surface area (TPSA) is 78.9 Å². The van der Waals surface area contributed by atoms with Crippen molar-refractivity contribution in [2.24, 2.45) is 0 Å². The van der Waals surface area contributed by atoms with Crippen molar-refractivity contribution in [2.45, 2.75) is 284 Å². The van der Waals surface area contributed by atoms with Gasteiger partial charge in [0.25, 0.3) is 0 Å². The molecule has 0 aromatic heterocycles. The standard InChI is InChI=1S/C57H102O6/c1-4-7-10-13-16-19-21-22-23-24-25-26-27-28-29-30-31-32-33-34-35-36-37-39-41-44-47-50-56(59)62-53-54(52-61-55(58)49-46-43-40-18-15-12-9-6-3)63-57(60)51-48-45-42-38-20-17-14-11-8-5-2/h7,10,16,19,22-23,25-26,54H,4-6,8-9,11-15,17-18,20-21,24,27-53H2,1-3H3/b10-7-,19-16-,23-22-,26-25-. The number of unbranched alkanes of at least 4 members (excludes halogenated alkanes) is 30. The zero-order valence-corrected chi connectivity index (χ0v) is 41.8. The summed E-state index contributed by atoms with van der Waals surface area (Å²) in [4.78, 5) is 37.8. The van der Waals surface area contributed by atoms with Crippen LogP contribution in [0.3, 0.4) is 0 Å². The molecule has 6 nitrogen and oxygen atoms in total. The molecule has 0 radical (unpaired) electrons. The van der Waals surface area contributed by atoms with E-state index >= 15 is 0 Å². The number of rotatable bonds is 49. The number of hydrogen-bond acceptors (Lipinski definition) is 6. The number of carbonyl (C=O) groups excluding carboxylic acids is 3. The molecule has 0 rings (SSSR count). The van der Waals surface area contributed by atoms with Gasteiger partial charge in [0.1, 0.15) is 13.2 Å². The van der Waals surface area contributed by atoms with Gasteiger partial charge in [-0.15, -0.1) is 0 Å². The van der Waals surface area contributed by atoms with Gasteiger partial charge in [-0.1, -0.05) is 249 Å². The highest BCUT2D eigenvalue weighted by Crippen LogP contribution is 2.16. The molecule has 0 amide bonds. The zero-order chi connectivity index (χ0) is 45.8. The maximum Gasteiger partial charge on any atom is 0.306 e. The Balaban J connectivity index is 4.06. The zero-order valence-electron chi connectivity index (χ0n) is 41.8. The molecule has 0 aliphatic carbocycles. The largest absolute Gasteiger partial charge is 0.462 e. The minimum atomic E-state index is -0.765. The van der Waals surface area contributed by atoms with Crippen molar-refractivity contribution in [3.63, 3.8) is 0 Å². The molecule has 0 heterocycles. The number of hydrogen-bond donors (Lipinski definition) is 0. The summed E-state index contributed by atoms with van der Waals surface area (Å²) >= 11 is 0. The van der Waals surface area contributed by atoms with E-state index in [0.29, 0.717) is 19.3 Å². The van der Waals surface area contributed by atoms with Crippen LogP contribution in [0.5, 0.6) is 0 Å². The van der Waals surface area contributed by atoms with Crippen molar-refractivity contribution in [3.8, 4) is 0 Å². The van der Waals surface area contributed by atoms with E-state index in [4.69, 9.17) is 14.2 Å². The van der Waals surface area contributed by atoms with E-state index in [0.717, 1.165) is 83.5 Å². The monoisotopic (exact) mass is 883 g/mol. The molecule has 0 N–H and O–H groups in total. The average molecular weight is 883 g/mol. The van der Waals surface area contributed by atoms with E-state index in [2.05, 4.69) is 69.4 Å². The first-order valence-electron chi connectivity index (χ1n) is 27.1. The predicted molar refractivity (Wildman–Crippen MR) is 270 cm³/mol. The lowest BCUT2D eigenvalue weighted by molar-refractivity contribution is -0.167. The summed E-state index contributed by atoms with van der Waals surface area (Å²) in [6, 6.07) is 0. The van der Waals surface area contributed by atoms with Crippen LogP contribution in [0, 0.1) is 0 Å². The SMILES string of the molecule is CC/C=C\C/C=C\C/C=C\C/C=C\CCCCCCCCCCCCCCCCC(=O)OCC(COC(=O)CCCCCCCCCC)OC(=O)CCCCCCCCCCCC. The first-order valence-corrected chi connectivity index (χ1v) is 27.1. The van der Waals surface area contributed by atoms with Crippen LogP contribution in [-0.4, -0.2) is 37.2 Å². The lowest BCUT2D eigenvalue weighted by atomic mass is 10.0. The van der Waals surface area contributed by atoms with Crippen molar-refractivity contribution in [1.82, 2.24) is 0 Å². The van der Waals surface area contributed by atoms with E-state index in [1.807, 2.05) is 0 Å². The molecule has 0 saturated carbocycles. The van der Waals surface area contributed by atoms with E-state index in [9.17, 15) is 14.4 Å². The van der Waals surface area contributed by atoms with Gasteiger partial charge >= 0.3 is 17.9 Å². The molecule has 0 saturated heterocycles. The van der Waals surface area contributed by atoms with E-state index in [1.165, 1.54) is 154 Å². The summed E-state index contributed by atoms with van der Waals surface area (Å²) < 4.78 is 16.7. The first-order chi connectivity index (χ1) is 31.0. The Morgan fingerprint density at radius 2 is 0.619 bits per heavy atom. The van der Waals surface area contributed by atoms with Crippen LogP contribution >= 0.6 is 0 Å². The molecular formula is C57H102O6. The lowest BCUT2D eigenvalue weighted by Gasteiger charge is -2.18. The highest BCUT2D eigenvalue weighted by atomic mass is 16.6. The third kappa shape index (κ3) is 50.2. The maximum atomic E-state index is 12.7. The van der Waals surface area contributed by atoms with Crippen molar-refractivity contribution in [3.05, 3.63) is 48.6 Å². The molecular weight excluding hydrogens is 781 g/mol. The molecule has 0 aliphatic heterocycles. The second-order valence-corrected chi connectivity index (χ2v) is 18.1. The molecule has 1 atom stereocenters. The molecule has 0 spiro atoms. The Hall–Kier alpha value is -2.63. The quantitative estimate of drug-likeness (QED) is 0.0262. The second-order valence-electron chi connectivity index (χ2n) is 18.1. The Labute approximate surface area is 390 Å². The number of ether oxygens (including phenoxy) is 3. The molecule has 6 heteroatoms. The highest BCUT2D eigenvalue weighted by molar-refractivity contribution is 5.71. The van der Waals surface area contributed by atoms with Gasteiger partial charge in [-0.2, -0.15) is 0 Å². The van der Waals surface area contributed by atoms with Gasteiger partial charge in [-0.05, 0) is 57.8 Å². The van der Waals surface area contributed by atoms with Crippen LogP contribution in [0.15, 0.2) is 48.6 Å². The van der Waals surface area contributed by atoms with E-state index in [-0.39, 0.29) is 31.1 Å². The summed E-state index contributed by atoms with van der Waals surface area (Å²) in [7, 11) is 0.